The molecule has 1 N–H and O–H groups in total. The van der Waals surface area contributed by atoms with E-state index in [4.69, 9.17) is 0 Å². The molecule has 0 aromatic carbocycles. The third-order valence-corrected chi connectivity index (χ3v) is 4.22. The predicted molar refractivity (Wildman–Crippen MR) is 46.7 cm³/mol. The molecular weight excluding hydrogens is 214 g/mol. The van der Waals surface area contributed by atoms with Crippen LogP contribution in [0.5, 0.6) is 0 Å². The van der Waals surface area contributed by atoms with Crippen LogP contribution in [0.1, 0.15) is 0 Å². The van der Waals surface area contributed by atoms with Crippen molar-refractivity contribution >= 4 is 10.0 Å². The van der Waals surface area contributed by atoms with E-state index in [1.165, 1.54) is 0 Å². The molecule has 14 heavy (non-hydrogen) atoms. The van der Waals surface area contributed by atoms with Crippen LogP contribution in [-0.2, 0) is 10.0 Å². The first-order chi connectivity index (χ1) is 6.27. The minimum absolute atomic E-state index is 0.0637. The molecule has 0 bridgehead atoms. The fraction of sp³-hybridized carbons (Fsp3) is 1.00. The van der Waals surface area contributed by atoms with Gasteiger partial charge in [0.15, 0.2) is 0 Å². The molecular formula is C7H12F2N2O2S. The number of halogens is 2. The maximum absolute atomic E-state index is 13.5. The SMILES string of the molecule is CS(=O)(=O)N1CC(F)(F)C2(CNC2)C1. The minimum Gasteiger partial charge on any atom is -0.315 e. The Kier molecular flexibility index (Phi) is 1.94. The lowest BCUT2D eigenvalue weighted by molar-refractivity contribution is -0.107. The summed E-state index contributed by atoms with van der Waals surface area (Å²) in [5.41, 5.74) is -1.16. The highest BCUT2D eigenvalue weighted by atomic mass is 32.2. The Bertz CT molecular complexity index is 351. The van der Waals surface area contributed by atoms with Gasteiger partial charge in [-0.2, -0.15) is 4.31 Å². The lowest BCUT2D eigenvalue weighted by Crippen LogP contribution is -2.62. The fourth-order valence-electron chi connectivity index (χ4n) is 1.93. The molecule has 4 nitrogen and oxygen atoms in total. The van der Waals surface area contributed by atoms with Crippen LogP contribution >= 0.6 is 0 Å². The molecule has 0 aromatic heterocycles. The zero-order valence-electron chi connectivity index (χ0n) is 7.76. The van der Waals surface area contributed by atoms with Gasteiger partial charge in [0.1, 0.15) is 0 Å². The molecule has 0 amide bonds. The van der Waals surface area contributed by atoms with Crippen LogP contribution in [0.3, 0.4) is 0 Å². The van der Waals surface area contributed by atoms with Gasteiger partial charge in [-0.1, -0.05) is 0 Å². The summed E-state index contributed by atoms with van der Waals surface area (Å²) in [7, 11) is -3.50. The third-order valence-electron chi connectivity index (χ3n) is 3.03. The van der Waals surface area contributed by atoms with Gasteiger partial charge in [0.2, 0.25) is 10.0 Å². The van der Waals surface area contributed by atoms with E-state index in [-0.39, 0.29) is 19.6 Å². The summed E-state index contributed by atoms with van der Waals surface area (Å²) < 4.78 is 50.1. The van der Waals surface area contributed by atoms with E-state index in [0.717, 1.165) is 10.6 Å². The Morgan fingerprint density at radius 2 is 1.86 bits per heavy atom. The van der Waals surface area contributed by atoms with Crippen LogP contribution in [0, 0.1) is 5.41 Å². The van der Waals surface area contributed by atoms with Gasteiger partial charge >= 0.3 is 0 Å². The van der Waals surface area contributed by atoms with Crippen molar-refractivity contribution in [2.75, 3.05) is 32.4 Å². The average Bonchev–Trinajstić information content (AvgIpc) is 2.18. The molecule has 2 aliphatic rings. The number of rotatable bonds is 1. The molecule has 0 aromatic rings. The molecule has 2 saturated heterocycles. The monoisotopic (exact) mass is 226 g/mol. The van der Waals surface area contributed by atoms with Crippen LogP contribution in [0.15, 0.2) is 0 Å². The lowest BCUT2D eigenvalue weighted by atomic mass is 9.78. The molecule has 7 heteroatoms. The van der Waals surface area contributed by atoms with Gasteiger partial charge in [0.05, 0.1) is 18.2 Å². The van der Waals surface area contributed by atoms with Gasteiger partial charge in [0.25, 0.3) is 5.92 Å². The first-order valence-corrected chi connectivity index (χ1v) is 6.15. The van der Waals surface area contributed by atoms with Crippen molar-refractivity contribution in [2.45, 2.75) is 5.92 Å². The average molecular weight is 226 g/mol. The van der Waals surface area contributed by atoms with Crippen molar-refractivity contribution in [1.29, 1.82) is 0 Å². The molecule has 0 saturated carbocycles. The van der Waals surface area contributed by atoms with Crippen molar-refractivity contribution in [3.05, 3.63) is 0 Å². The van der Waals surface area contributed by atoms with E-state index in [0.29, 0.717) is 0 Å². The van der Waals surface area contributed by atoms with Crippen LogP contribution in [0.4, 0.5) is 8.78 Å². The number of sulfonamides is 1. The highest BCUT2D eigenvalue weighted by molar-refractivity contribution is 7.88. The molecule has 0 aliphatic carbocycles. The highest BCUT2D eigenvalue weighted by Crippen LogP contribution is 2.46. The standard InChI is InChI=1S/C7H12F2N2O2S/c1-14(12,13)11-4-6(2-10-3-6)7(8,9)5-11/h10H,2-5H2,1H3. The van der Waals surface area contributed by atoms with Crippen molar-refractivity contribution in [1.82, 2.24) is 9.62 Å². The number of nitrogens with one attached hydrogen (secondary N) is 1. The van der Waals surface area contributed by atoms with Crippen molar-refractivity contribution in [3.8, 4) is 0 Å². The number of alkyl halides is 2. The maximum Gasteiger partial charge on any atom is 0.270 e. The Morgan fingerprint density at radius 1 is 1.29 bits per heavy atom. The van der Waals surface area contributed by atoms with Crippen molar-refractivity contribution < 1.29 is 17.2 Å². The van der Waals surface area contributed by atoms with Gasteiger partial charge < -0.3 is 5.32 Å². The zero-order chi connectivity index (χ0) is 10.6. The summed E-state index contributed by atoms with van der Waals surface area (Å²) in [5, 5.41) is 2.77. The smallest absolute Gasteiger partial charge is 0.270 e. The first kappa shape index (κ1) is 10.3. The van der Waals surface area contributed by atoms with Crippen LogP contribution < -0.4 is 5.32 Å². The minimum atomic E-state index is -3.50. The molecule has 82 valence electrons. The highest BCUT2D eigenvalue weighted by Gasteiger charge is 2.64. The van der Waals surface area contributed by atoms with E-state index < -0.39 is 27.9 Å². The molecule has 0 unspecified atom stereocenters. The largest absolute Gasteiger partial charge is 0.315 e. The topological polar surface area (TPSA) is 49.4 Å². The summed E-state index contributed by atoms with van der Waals surface area (Å²) in [6, 6.07) is 0. The molecule has 2 heterocycles. The maximum atomic E-state index is 13.5. The second-order valence-corrected chi connectivity index (χ2v) is 6.10. The van der Waals surface area contributed by atoms with E-state index in [2.05, 4.69) is 5.32 Å². The lowest BCUT2D eigenvalue weighted by Gasteiger charge is -2.42. The summed E-state index contributed by atoms with van der Waals surface area (Å²) in [4.78, 5) is 0. The Morgan fingerprint density at radius 3 is 2.07 bits per heavy atom. The van der Waals surface area contributed by atoms with Crippen molar-refractivity contribution in [2.24, 2.45) is 5.41 Å². The summed E-state index contributed by atoms with van der Waals surface area (Å²) in [5.74, 6) is -2.90. The third kappa shape index (κ3) is 1.26. The van der Waals surface area contributed by atoms with Crippen molar-refractivity contribution in [3.63, 3.8) is 0 Å². The van der Waals surface area contributed by atoms with E-state index in [9.17, 15) is 17.2 Å². The number of hydrogen-bond acceptors (Lipinski definition) is 3. The second kappa shape index (κ2) is 2.65. The van der Waals surface area contributed by atoms with Gasteiger partial charge in [0, 0.05) is 19.6 Å². The summed E-state index contributed by atoms with van der Waals surface area (Å²) in [6.45, 7) is -0.336. The van der Waals surface area contributed by atoms with Gasteiger partial charge in [-0.15, -0.1) is 0 Å². The fourth-order valence-corrected chi connectivity index (χ4v) is 2.81. The van der Waals surface area contributed by atoms with E-state index in [1.807, 2.05) is 0 Å². The Labute approximate surface area is 81.3 Å². The second-order valence-electron chi connectivity index (χ2n) is 4.12. The first-order valence-electron chi connectivity index (χ1n) is 4.31. The van der Waals surface area contributed by atoms with Gasteiger partial charge in [-0.05, 0) is 0 Å². The summed E-state index contributed by atoms with van der Waals surface area (Å²) in [6.07, 6.45) is 0.966. The number of nitrogens with zero attached hydrogens (tertiary/aromatic N) is 1. The molecule has 0 atom stereocenters. The normalized spacial score (nSPS) is 30.5. The van der Waals surface area contributed by atoms with Gasteiger partial charge in [-0.25, -0.2) is 17.2 Å². The number of hydrogen-bond donors (Lipinski definition) is 1. The molecule has 2 aliphatic heterocycles. The van der Waals surface area contributed by atoms with Crippen LogP contribution in [-0.4, -0.2) is 51.1 Å². The molecule has 0 radical (unpaired) electrons. The van der Waals surface area contributed by atoms with E-state index >= 15 is 0 Å². The van der Waals surface area contributed by atoms with Gasteiger partial charge in [-0.3, -0.25) is 0 Å². The summed E-state index contributed by atoms with van der Waals surface area (Å²) >= 11 is 0. The predicted octanol–water partition coefficient (Wildman–Crippen LogP) is -0.514. The Balaban J connectivity index is 2.26. The molecule has 1 spiro atoms. The quantitative estimate of drug-likeness (QED) is 0.655. The zero-order valence-corrected chi connectivity index (χ0v) is 8.57. The van der Waals surface area contributed by atoms with Crippen LogP contribution in [0.2, 0.25) is 0 Å². The molecule has 2 rings (SSSR count). The van der Waals surface area contributed by atoms with Crippen LogP contribution in [0.25, 0.3) is 0 Å². The molecule has 2 fully saturated rings. The van der Waals surface area contributed by atoms with E-state index in [1.54, 1.807) is 0 Å². The Hall–Kier alpha value is -0.270.